The van der Waals surface area contributed by atoms with Gasteiger partial charge in [-0.15, -0.1) is 0 Å². The number of nitrogens with one attached hydrogen (secondary N) is 1. The van der Waals surface area contributed by atoms with Crippen LogP contribution in [0.4, 0.5) is 11.4 Å². The molecule has 0 aliphatic carbocycles. The predicted octanol–water partition coefficient (Wildman–Crippen LogP) is 2.88. The molecule has 100 valence electrons. The summed E-state index contributed by atoms with van der Waals surface area (Å²) in [6.07, 6.45) is 0.673. The molecule has 0 amide bonds. The first-order valence-electron chi connectivity index (χ1n) is 5.80. The normalized spacial score (nSPS) is 11.8. The Morgan fingerprint density at radius 3 is 2.67 bits per heavy atom. The van der Waals surface area contributed by atoms with Crippen molar-refractivity contribution in [2.75, 3.05) is 31.4 Å². The van der Waals surface area contributed by atoms with Crippen LogP contribution in [-0.2, 0) is 9.53 Å². The average Bonchev–Trinajstić information content (AvgIpc) is 2.34. The minimum absolute atomic E-state index is 0.248. The number of rotatable bonds is 5. The van der Waals surface area contributed by atoms with Gasteiger partial charge >= 0.3 is 5.97 Å². The number of carbonyl (C=O) groups is 1. The van der Waals surface area contributed by atoms with Crippen molar-refractivity contribution in [3.8, 4) is 0 Å². The van der Waals surface area contributed by atoms with Crippen molar-refractivity contribution in [2.45, 2.75) is 19.4 Å². The van der Waals surface area contributed by atoms with E-state index in [0.717, 1.165) is 15.8 Å². The van der Waals surface area contributed by atoms with Crippen LogP contribution >= 0.6 is 15.9 Å². The SMILES string of the molecule is CCC(Nc1cc(Br)ccc1N(C)C)C(=O)OC. The molecule has 0 heterocycles. The Morgan fingerprint density at radius 2 is 2.17 bits per heavy atom. The zero-order valence-corrected chi connectivity index (χ0v) is 12.7. The molecule has 18 heavy (non-hydrogen) atoms. The number of benzene rings is 1. The first-order chi connectivity index (χ1) is 8.49. The Bertz CT molecular complexity index is 421. The Morgan fingerprint density at radius 1 is 1.50 bits per heavy atom. The van der Waals surface area contributed by atoms with Crippen LogP contribution in [0, 0.1) is 0 Å². The molecule has 0 aliphatic heterocycles. The lowest BCUT2D eigenvalue weighted by Crippen LogP contribution is -2.30. The first kappa shape index (κ1) is 14.8. The van der Waals surface area contributed by atoms with Gasteiger partial charge in [0.15, 0.2) is 0 Å². The molecule has 0 radical (unpaired) electrons. The molecule has 0 saturated heterocycles. The van der Waals surface area contributed by atoms with E-state index in [1.807, 2.05) is 44.1 Å². The smallest absolute Gasteiger partial charge is 0.328 e. The maximum Gasteiger partial charge on any atom is 0.328 e. The van der Waals surface area contributed by atoms with Crippen molar-refractivity contribution in [1.29, 1.82) is 0 Å². The number of methoxy groups -OCH3 is 1. The summed E-state index contributed by atoms with van der Waals surface area (Å²) >= 11 is 3.44. The van der Waals surface area contributed by atoms with Gasteiger partial charge in [-0.3, -0.25) is 0 Å². The maximum absolute atomic E-state index is 11.6. The van der Waals surface area contributed by atoms with E-state index in [4.69, 9.17) is 4.74 Å². The molecule has 1 unspecified atom stereocenters. The quantitative estimate of drug-likeness (QED) is 0.849. The Labute approximate surface area is 116 Å². The van der Waals surface area contributed by atoms with Gasteiger partial charge in [0.25, 0.3) is 0 Å². The molecule has 5 heteroatoms. The number of carbonyl (C=O) groups excluding carboxylic acids is 1. The highest BCUT2D eigenvalue weighted by molar-refractivity contribution is 9.10. The van der Waals surface area contributed by atoms with E-state index in [1.165, 1.54) is 7.11 Å². The van der Waals surface area contributed by atoms with E-state index in [9.17, 15) is 4.79 Å². The summed E-state index contributed by atoms with van der Waals surface area (Å²) in [5.74, 6) is -0.248. The number of esters is 1. The number of nitrogens with zero attached hydrogens (tertiary/aromatic N) is 1. The Hall–Kier alpha value is -1.23. The van der Waals surface area contributed by atoms with Crippen molar-refractivity contribution in [3.05, 3.63) is 22.7 Å². The minimum atomic E-state index is -0.331. The molecule has 1 aromatic rings. The molecule has 0 spiro atoms. The average molecular weight is 315 g/mol. The zero-order valence-electron chi connectivity index (χ0n) is 11.2. The van der Waals surface area contributed by atoms with Crippen LogP contribution < -0.4 is 10.2 Å². The zero-order chi connectivity index (χ0) is 13.7. The number of hydrogen-bond donors (Lipinski definition) is 1. The fraction of sp³-hybridized carbons (Fsp3) is 0.462. The summed E-state index contributed by atoms with van der Waals surface area (Å²) in [6.45, 7) is 1.95. The topological polar surface area (TPSA) is 41.6 Å². The van der Waals surface area contributed by atoms with Crippen LogP contribution in [0.25, 0.3) is 0 Å². The molecule has 0 bridgehead atoms. The Kier molecular flexibility index (Phi) is 5.47. The van der Waals surface area contributed by atoms with Crippen molar-refractivity contribution < 1.29 is 9.53 Å². The molecule has 1 rings (SSSR count). The molecule has 0 fully saturated rings. The summed E-state index contributed by atoms with van der Waals surface area (Å²) in [5, 5.41) is 3.22. The molecular weight excluding hydrogens is 296 g/mol. The van der Waals surface area contributed by atoms with Gasteiger partial charge < -0.3 is 15.0 Å². The largest absolute Gasteiger partial charge is 0.467 e. The Balaban J connectivity index is 3.00. The van der Waals surface area contributed by atoms with Crippen LogP contribution in [0.3, 0.4) is 0 Å². The summed E-state index contributed by atoms with van der Waals surface area (Å²) < 4.78 is 5.75. The van der Waals surface area contributed by atoms with Crippen molar-refractivity contribution in [3.63, 3.8) is 0 Å². The van der Waals surface area contributed by atoms with Gasteiger partial charge in [-0.25, -0.2) is 4.79 Å². The second-order valence-corrected chi connectivity index (χ2v) is 5.10. The number of ether oxygens (including phenoxy) is 1. The molecular formula is C13H19BrN2O2. The molecule has 0 aromatic heterocycles. The number of halogens is 1. The van der Waals surface area contributed by atoms with E-state index in [1.54, 1.807) is 0 Å². The van der Waals surface area contributed by atoms with Crippen molar-refractivity contribution >= 4 is 33.3 Å². The van der Waals surface area contributed by atoms with E-state index < -0.39 is 0 Å². The second-order valence-electron chi connectivity index (χ2n) is 4.18. The fourth-order valence-electron chi connectivity index (χ4n) is 1.67. The van der Waals surface area contributed by atoms with Gasteiger partial charge in [0.2, 0.25) is 0 Å². The highest BCUT2D eigenvalue weighted by Crippen LogP contribution is 2.29. The van der Waals surface area contributed by atoms with Gasteiger partial charge in [0.05, 0.1) is 18.5 Å². The summed E-state index contributed by atoms with van der Waals surface area (Å²) in [4.78, 5) is 13.6. The van der Waals surface area contributed by atoms with Gasteiger partial charge in [-0.1, -0.05) is 22.9 Å². The summed E-state index contributed by atoms with van der Waals surface area (Å²) in [7, 11) is 5.33. The van der Waals surface area contributed by atoms with Crippen LogP contribution in [0.2, 0.25) is 0 Å². The molecule has 0 aliphatic rings. The molecule has 0 saturated carbocycles. The lowest BCUT2D eigenvalue weighted by molar-refractivity contribution is -0.141. The monoisotopic (exact) mass is 314 g/mol. The van der Waals surface area contributed by atoms with E-state index >= 15 is 0 Å². The lowest BCUT2D eigenvalue weighted by Gasteiger charge is -2.22. The minimum Gasteiger partial charge on any atom is -0.467 e. The molecule has 1 atom stereocenters. The van der Waals surface area contributed by atoms with Crippen LogP contribution in [0.5, 0.6) is 0 Å². The number of anilines is 2. The highest BCUT2D eigenvalue weighted by Gasteiger charge is 2.18. The third kappa shape index (κ3) is 3.63. The van der Waals surface area contributed by atoms with Gasteiger partial charge in [-0.05, 0) is 24.6 Å². The maximum atomic E-state index is 11.6. The molecule has 1 N–H and O–H groups in total. The van der Waals surface area contributed by atoms with Gasteiger partial charge in [0.1, 0.15) is 6.04 Å². The van der Waals surface area contributed by atoms with E-state index in [-0.39, 0.29) is 12.0 Å². The first-order valence-corrected chi connectivity index (χ1v) is 6.60. The fourth-order valence-corrected chi connectivity index (χ4v) is 2.03. The molecule has 4 nitrogen and oxygen atoms in total. The number of hydrogen-bond acceptors (Lipinski definition) is 4. The second kappa shape index (κ2) is 6.64. The van der Waals surface area contributed by atoms with Crippen LogP contribution in [0.1, 0.15) is 13.3 Å². The predicted molar refractivity (Wildman–Crippen MR) is 78.2 cm³/mol. The highest BCUT2D eigenvalue weighted by atomic mass is 79.9. The van der Waals surface area contributed by atoms with Crippen molar-refractivity contribution in [2.24, 2.45) is 0 Å². The standard InChI is InChI=1S/C13H19BrN2O2/c1-5-10(13(17)18-4)15-11-8-9(14)6-7-12(11)16(2)3/h6-8,10,15H,5H2,1-4H3. The third-order valence-corrected chi connectivity index (χ3v) is 3.16. The van der Waals surface area contributed by atoms with Crippen LogP contribution in [0.15, 0.2) is 22.7 Å². The summed E-state index contributed by atoms with van der Waals surface area (Å²) in [5.41, 5.74) is 1.94. The molecule has 1 aromatic carbocycles. The van der Waals surface area contributed by atoms with Gasteiger partial charge in [-0.2, -0.15) is 0 Å². The summed E-state index contributed by atoms with van der Waals surface area (Å²) in [6, 6.07) is 5.60. The van der Waals surface area contributed by atoms with E-state index in [2.05, 4.69) is 21.2 Å². The van der Waals surface area contributed by atoms with Gasteiger partial charge in [0, 0.05) is 18.6 Å². The third-order valence-electron chi connectivity index (χ3n) is 2.66. The van der Waals surface area contributed by atoms with Crippen molar-refractivity contribution in [1.82, 2.24) is 0 Å². The van der Waals surface area contributed by atoms with Crippen LogP contribution in [-0.4, -0.2) is 33.2 Å². The lowest BCUT2D eigenvalue weighted by atomic mass is 10.2. The van der Waals surface area contributed by atoms with E-state index in [0.29, 0.717) is 6.42 Å².